The van der Waals surface area contributed by atoms with Crippen molar-refractivity contribution in [1.29, 1.82) is 0 Å². The molecule has 1 aromatic heterocycles. The Balaban J connectivity index is 1.22. The van der Waals surface area contributed by atoms with Crippen LogP contribution in [-0.4, -0.2) is 52.8 Å². The number of pyridine rings is 1. The first kappa shape index (κ1) is 30.4. The zero-order valence-electron chi connectivity index (χ0n) is 23.8. The number of aryl methyl sites for hydroxylation is 1. The van der Waals surface area contributed by atoms with Crippen LogP contribution in [0.2, 0.25) is 10.0 Å². The van der Waals surface area contributed by atoms with Gasteiger partial charge in [-0.05, 0) is 79.3 Å². The van der Waals surface area contributed by atoms with Gasteiger partial charge in [-0.25, -0.2) is 4.79 Å². The molecule has 43 heavy (non-hydrogen) atoms. The highest BCUT2D eigenvalue weighted by Crippen LogP contribution is 2.34. The van der Waals surface area contributed by atoms with Crippen molar-refractivity contribution < 1.29 is 24.2 Å². The molecule has 0 spiro atoms. The summed E-state index contributed by atoms with van der Waals surface area (Å²) in [4.78, 5) is 31.6. The Morgan fingerprint density at radius 2 is 1.72 bits per heavy atom. The first-order valence-corrected chi connectivity index (χ1v) is 14.9. The first-order chi connectivity index (χ1) is 20.8. The molecule has 4 aromatic rings. The molecule has 1 saturated carbocycles. The molecular weight excluding hydrogens is 589 g/mol. The number of ether oxygens (including phenoxy) is 2. The third kappa shape index (κ3) is 8.09. The van der Waals surface area contributed by atoms with E-state index in [0.29, 0.717) is 34.5 Å². The Labute approximate surface area is 260 Å². The van der Waals surface area contributed by atoms with Gasteiger partial charge in [0.15, 0.2) is 5.75 Å². The number of hydrogen-bond acceptors (Lipinski definition) is 5. The zero-order chi connectivity index (χ0) is 30.3. The minimum Gasteiger partial charge on any atom is -0.490 e. The van der Waals surface area contributed by atoms with Gasteiger partial charge in [0.25, 0.3) is 0 Å². The summed E-state index contributed by atoms with van der Waals surface area (Å²) in [6.45, 7) is 2.91. The van der Waals surface area contributed by atoms with Crippen molar-refractivity contribution in [2.45, 2.75) is 38.8 Å². The van der Waals surface area contributed by atoms with Crippen LogP contribution in [-0.2, 0) is 17.8 Å². The molecule has 0 radical (unpaired) electrons. The molecular formula is C33H33Cl2N3O5. The molecule has 3 aromatic carbocycles. The quantitative estimate of drug-likeness (QED) is 0.157. The number of benzene rings is 3. The molecule has 1 atom stereocenters. The second-order valence-corrected chi connectivity index (χ2v) is 11.5. The lowest BCUT2D eigenvalue weighted by atomic mass is 9.97. The molecule has 1 unspecified atom stereocenters. The molecule has 1 aliphatic rings. The van der Waals surface area contributed by atoms with Gasteiger partial charge < -0.3 is 24.8 Å². The van der Waals surface area contributed by atoms with Crippen molar-refractivity contribution in [1.82, 2.24) is 15.2 Å². The van der Waals surface area contributed by atoms with Crippen LogP contribution >= 0.6 is 23.2 Å². The molecule has 8 nitrogen and oxygen atoms in total. The Kier molecular flexibility index (Phi) is 9.89. The predicted octanol–water partition coefficient (Wildman–Crippen LogP) is 6.93. The van der Waals surface area contributed by atoms with E-state index in [4.69, 9.17) is 32.7 Å². The average Bonchev–Trinajstić information content (AvgIpc) is 3.83. The lowest BCUT2D eigenvalue weighted by Gasteiger charge is -2.28. The third-order valence-corrected chi connectivity index (χ3v) is 7.91. The van der Waals surface area contributed by atoms with Crippen molar-refractivity contribution in [2.75, 3.05) is 19.8 Å². The van der Waals surface area contributed by atoms with Crippen molar-refractivity contribution in [3.05, 3.63) is 99.7 Å². The highest BCUT2D eigenvalue weighted by Gasteiger charge is 2.36. The summed E-state index contributed by atoms with van der Waals surface area (Å²) >= 11 is 12.5. The lowest BCUT2D eigenvalue weighted by molar-refractivity contribution is -0.136. The maximum absolute atomic E-state index is 13.9. The molecule has 224 valence electrons. The summed E-state index contributed by atoms with van der Waals surface area (Å²) < 4.78 is 11.5. The van der Waals surface area contributed by atoms with E-state index in [0.717, 1.165) is 40.4 Å². The molecule has 2 amide bonds. The van der Waals surface area contributed by atoms with Gasteiger partial charge in [0.1, 0.15) is 19.0 Å². The van der Waals surface area contributed by atoms with Gasteiger partial charge in [0.2, 0.25) is 5.91 Å². The zero-order valence-corrected chi connectivity index (χ0v) is 25.3. The number of carboxylic acid groups (broad SMARTS) is 1. The number of aromatic nitrogens is 1. The number of halogens is 2. The Bertz CT molecular complexity index is 1570. The highest BCUT2D eigenvalue weighted by atomic mass is 35.5. The van der Waals surface area contributed by atoms with E-state index in [9.17, 15) is 14.7 Å². The Morgan fingerprint density at radius 1 is 1.02 bits per heavy atom. The highest BCUT2D eigenvalue weighted by molar-refractivity contribution is 6.37. The SMILES string of the molecule is Cc1cc(Cl)c(OCCOc2ccc(CC(CNC(=O)O)C(=O)N(Cc3ccnc4ccccc34)C3CC3)cc2)c(Cl)c1. The van der Waals surface area contributed by atoms with Gasteiger partial charge in [-0.1, -0.05) is 53.5 Å². The topological polar surface area (TPSA) is 101 Å². The van der Waals surface area contributed by atoms with Crippen LogP contribution in [0.1, 0.15) is 29.5 Å². The number of carbonyl (C=O) groups is 2. The van der Waals surface area contributed by atoms with Gasteiger partial charge in [-0.15, -0.1) is 0 Å². The van der Waals surface area contributed by atoms with Crippen LogP contribution < -0.4 is 14.8 Å². The van der Waals surface area contributed by atoms with E-state index in [1.807, 2.05) is 66.4 Å². The minimum atomic E-state index is -1.16. The molecule has 1 aliphatic carbocycles. The molecule has 10 heteroatoms. The summed E-state index contributed by atoms with van der Waals surface area (Å²) in [5.41, 5.74) is 3.75. The second-order valence-electron chi connectivity index (χ2n) is 10.7. The number of carbonyl (C=O) groups excluding carboxylic acids is 1. The molecule has 2 N–H and O–H groups in total. The van der Waals surface area contributed by atoms with E-state index in [2.05, 4.69) is 10.3 Å². The van der Waals surface area contributed by atoms with E-state index < -0.39 is 12.0 Å². The summed E-state index contributed by atoms with van der Waals surface area (Å²) in [7, 11) is 0. The number of fused-ring (bicyclic) bond motifs is 1. The van der Waals surface area contributed by atoms with Gasteiger partial charge >= 0.3 is 6.09 Å². The van der Waals surface area contributed by atoms with Crippen LogP contribution in [0.3, 0.4) is 0 Å². The standard InChI is InChI=1S/C33H33Cl2N3O5/c1-21-16-28(34)31(29(35)17-21)43-15-14-42-26-10-6-22(7-11-26)18-24(19-37-33(40)41)32(39)38(25-8-9-25)20-23-12-13-36-30-5-3-2-4-27(23)30/h2-7,10-13,16-17,24-25,37H,8-9,14-15,18-20H2,1H3,(H,40,41). The van der Waals surface area contributed by atoms with Gasteiger partial charge in [0, 0.05) is 30.7 Å². The third-order valence-electron chi connectivity index (χ3n) is 7.35. The molecule has 1 fully saturated rings. The Morgan fingerprint density at radius 3 is 2.42 bits per heavy atom. The molecule has 5 rings (SSSR count). The van der Waals surface area contributed by atoms with E-state index >= 15 is 0 Å². The molecule has 0 saturated heterocycles. The Hall–Kier alpha value is -4.01. The first-order valence-electron chi connectivity index (χ1n) is 14.2. The summed E-state index contributed by atoms with van der Waals surface area (Å²) in [6.07, 6.45) is 2.86. The maximum atomic E-state index is 13.9. The smallest absolute Gasteiger partial charge is 0.404 e. The normalized spacial score (nSPS) is 13.4. The van der Waals surface area contributed by atoms with E-state index in [-0.39, 0.29) is 31.7 Å². The largest absolute Gasteiger partial charge is 0.490 e. The molecule has 1 heterocycles. The monoisotopic (exact) mass is 621 g/mol. The lowest BCUT2D eigenvalue weighted by Crippen LogP contribution is -2.43. The van der Waals surface area contributed by atoms with E-state index in [1.54, 1.807) is 18.3 Å². The number of hydrogen-bond donors (Lipinski definition) is 2. The van der Waals surface area contributed by atoms with Crippen molar-refractivity contribution in [2.24, 2.45) is 5.92 Å². The summed E-state index contributed by atoms with van der Waals surface area (Å²) in [5.74, 6) is 0.442. The van der Waals surface area contributed by atoms with Gasteiger partial charge in [-0.3, -0.25) is 9.78 Å². The van der Waals surface area contributed by atoms with E-state index in [1.165, 1.54) is 0 Å². The minimum absolute atomic E-state index is 0.0220. The number of nitrogens with zero attached hydrogens (tertiary/aromatic N) is 2. The van der Waals surface area contributed by atoms with Crippen LogP contribution in [0.25, 0.3) is 10.9 Å². The fraction of sp³-hybridized carbons (Fsp3) is 0.303. The van der Waals surface area contributed by atoms with Crippen LogP contribution in [0.5, 0.6) is 11.5 Å². The van der Waals surface area contributed by atoms with Crippen molar-refractivity contribution >= 4 is 46.1 Å². The van der Waals surface area contributed by atoms with Crippen LogP contribution in [0.15, 0.2) is 72.9 Å². The fourth-order valence-corrected chi connectivity index (χ4v) is 5.78. The predicted molar refractivity (Wildman–Crippen MR) is 167 cm³/mol. The van der Waals surface area contributed by atoms with Crippen molar-refractivity contribution in [3.8, 4) is 11.5 Å². The average molecular weight is 623 g/mol. The molecule has 0 aliphatic heterocycles. The van der Waals surface area contributed by atoms with Gasteiger partial charge in [-0.2, -0.15) is 0 Å². The number of amides is 2. The van der Waals surface area contributed by atoms with Gasteiger partial charge in [0.05, 0.1) is 21.5 Å². The number of nitrogens with one attached hydrogen (secondary N) is 1. The maximum Gasteiger partial charge on any atom is 0.404 e. The van der Waals surface area contributed by atoms with Crippen LogP contribution in [0.4, 0.5) is 4.79 Å². The number of para-hydroxylation sites is 1. The number of rotatable bonds is 13. The second kappa shape index (κ2) is 14.0. The fourth-order valence-electron chi connectivity index (χ4n) is 5.08. The van der Waals surface area contributed by atoms with Crippen molar-refractivity contribution in [3.63, 3.8) is 0 Å². The molecule has 0 bridgehead atoms. The summed E-state index contributed by atoms with van der Waals surface area (Å²) in [5, 5.41) is 13.6. The van der Waals surface area contributed by atoms with Crippen LogP contribution in [0, 0.1) is 12.8 Å². The summed E-state index contributed by atoms with van der Waals surface area (Å²) in [6, 6.07) is 21.0.